The van der Waals surface area contributed by atoms with Crippen molar-refractivity contribution < 1.29 is 13.3 Å². The number of nitro groups is 1. The quantitative estimate of drug-likeness (QED) is 0.553. The molecule has 0 N–H and O–H groups in total. The number of aryl methyl sites for hydroxylation is 1. The van der Waals surface area contributed by atoms with Gasteiger partial charge in [-0.1, -0.05) is 29.8 Å². The molecule has 0 aromatic heterocycles. The highest BCUT2D eigenvalue weighted by Gasteiger charge is 2.53. The molecular weight excluding hydrogens is 404 g/mol. The minimum absolute atomic E-state index is 0.0513. The fourth-order valence-electron chi connectivity index (χ4n) is 4.85. The molecule has 156 valence electrons. The maximum Gasteiger partial charge on any atom is 0.279 e. The highest BCUT2D eigenvalue weighted by Crippen LogP contribution is 2.45. The summed E-state index contributed by atoms with van der Waals surface area (Å²) in [6, 6.07) is 12.2. The van der Waals surface area contributed by atoms with Crippen LogP contribution in [0.1, 0.15) is 30.0 Å². The standard InChI is InChI=1S/C21H22N4O4S/c1-14-5-7-18(8-6-14)30(28,29)24-20(16-3-2-4-17(13-16)25(26)27)21-19(22-24)15-9-11-23(21)12-10-15/h2-8,13,15,20-21H,9-12H2,1H3/t20-,21-/m0/s1. The summed E-state index contributed by atoms with van der Waals surface area (Å²) in [6.07, 6.45) is 1.94. The van der Waals surface area contributed by atoms with Gasteiger partial charge in [0.05, 0.1) is 21.6 Å². The summed E-state index contributed by atoms with van der Waals surface area (Å²) in [5, 5.41) is 16.0. The van der Waals surface area contributed by atoms with Crippen molar-refractivity contribution in [2.45, 2.75) is 36.7 Å². The smallest absolute Gasteiger partial charge is 0.279 e. The van der Waals surface area contributed by atoms with E-state index in [-0.39, 0.29) is 22.5 Å². The van der Waals surface area contributed by atoms with Crippen molar-refractivity contribution in [2.75, 3.05) is 13.1 Å². The Morgan fingerprint density at radius 1 is 1.07 bits per heavy atom. The lowest BCUT2D eigenvalue weighted by Crippen LogP contribution is -2.56. The number of non-ortho nitro benzene ring substituents is 1. The number of nitrogens with zero attached hydrogens (tertiary/aromatic N) is 4. The molecule has 9 heteroatoms. The molecule has 2 aromatic carbocycles. The average Bonchev–Trinajstić information content (AvgIpc) is 3.19. The average molecular weight is 426 g/mol. The van der Waals surface area contributed by atoms with Gasteiger partial charge >= 0.3 is 0 Å². The lowest BCUT2D eigenvalue weighted by molar-refractivity contribution is -0.384. The van der Waals surface area contributed by atoms with E-state index in [1.807, 2.05) is 6.92 Å². The van der Waals surface area contributed by atoms with Crippen molar-refractivity contribution in [3.8, 4) is 0 Å². The van der Waals surface area contributed by atoms with Crippen LogP contribution in [0, 0.1) is 23.0 Å². The van der Waals surface area contributed by atoms with Crippen LogP contribution < -0.4 is 0 Å². The number of hydrogen-bond acceptors (Lipinski definition) is 6. The first-order valence-electron chi connectivity index (χ1n) is 10.0. The molecule has 2 bridgehead atoms. The van der Waals surface area contributed by atoms with E-state index in [0.29, 0.717) is 5.56 Å². The van der Waals surface area contributed by atoms with E-state index < -0.39 is 21.0 Å². The summed E-state index contributed by atoms with van der Waals surface area (Å²) in [6.45, 7) is 3.67. The lowest BCUT2D eigenvalue weighted by Gasteiger charge is -2.45. The minimum atomic E-state index is -3.91. The molecule has 6 rings (SSSR count). The molecule has 30 heavy (non-hydrogen) atoms. The maximum absolute atomic E-state index is 13.6. The Morgan fingerprint density at radius 2 is 1.77 bits per heavy atom. The largest absolute Gasteiger partial charge is 0.293 e. The second kappa shape index (κ2) is 6.88. The minimum Gasteiger partial charge on any atom is -0.293 e. The summed E-state index contributed by atoms with van der Waals surface area (Å²) in [4.78, 5) is 13.3. The zero-order valence-corrected chi connectivity index (χ0v) is 17.3. The van der Waals surface area contributed by atoms with Gasteiger partial charge in [0.1, 0.15) is 6.04 Å². The Balaban J connectivity index is 1.65. The van der Waals surface area contributed by atoms with Crippen LogP contribution >= 0.6 is 0 Å². The van der Waals surface area contributed by atoms with Gasteiger partial charge in [-0.15, -0.1) is 0 Å². The van der Waals surface area contributed by atoms with Gasteiger partial charge in [-0.05, 0) is 50.6 Å². The van der Waals surface area contributed by atoms with E-state index in [2.05, 4.69) is 10.0 Å². The van der Waals surface area contributed by atoms with Crippen molar-refractivity contribution in [1.29, 1.82) is 0 Å². The van der Waals surface area contributed by atoms with Gasteiger partial charge in [0.15, 0.2) is 0 Å². The molecular formula is C21H22N4O4S. The van der Waals surface area contributed by atoms with Crippen molar-refractivity contribution in [1.82, 2.24) is 9.31 Å². The summed E-state index contributed by atoms with van der Waals surface area (Å²) in [5.74, 6) is 0.263. The van der Waals surface area contributed by atoms with E-state index in [1.54, 1.807) is 36.4 Å². The van der Waals surface area contributed by atoms with E-state index in [1.165, 1.54) is 16.5 Å². The summed E-state index contributed by atoms with van der Waals surface area (Å²) in [5.41, 5.74) is 2.40. The van der Waals surface area contributed by atoms with E-state index in [4.69, 9.17) is 0 Å². The maximum atomic E-state index is 13.6. The number of nitro benzene ring substituents is 1. The monoisotopic (exact) mass is 426 g/mol. The van der Waals surface area contributed by atoms with Gasteiger partial charge in [0.25, 0.3) is 15.7 Å². The van der Waals surface area contributed by atoms with Gasteiger partial charge in [-0.2, -0.15) is 17.9 Å². The highest BCUT2D eigenvalue weighted by molar-refractivity contribution is 7.89. The Kier molecular flexibility index (Phi) is 4.41. The normalized spacial score (nSPS) is 27.6. The van der Waals surface area contributed by atoms with Crippen molar-refractivity contribution >= 4 is 21.4 Å². The molecule has 4 aliphatic heterocycles. The van der Waals surface area contributed by atoms with Crippen LogP contribution in [0.25, 0.3) is 0 Å². The number of sulfonamides is 1. The molecule has 0 saturated carbocycles. The van der Waals surface area contributed by atoms with E-state index in [9.17, 15) is 18.5 Å². The van der Waals surface area contributed by atoms with Crippen LogP contribution in [0.5, 0.6) is 0 Å². The third-order valence-corrected chi connectivity index (χ3v) is 8.05. The molecule has 0 amide bonds. The van der Waals surface area contributed by atoms with Crippen LogP contribution in [-0.4, -0.2) is 47.5 Å². The Labute approximate surface area is 175 Å². The van der Waals surface area contributed by atoms with E-state index >= 15 is 0 Å². The predicted octanol–water partition coefficient (Wildman–Crippen LogP) is 3.10. The zero-order chi connectivity index (χ0) is 21.0. The first-order chi connectivity index (χ1) is 14.4. The first kappa shape index (κ1) is 19.2. The van der Waals surface area contributed by atoms with E-state index in [0.717, 1.165) is 37.2 Å². The predicted molar refractivity (Wildman–Crippen MR) is 112 cm³/mol. The molecule has 2 aromatic rings. The van der Waals surface area contributed by atoms with Crippen LogP contribution in [0.15, 0.2) is 58.5 Å². The van der Waals surface area contributed by atoms with Crippen molar-refractivity contribution in [3.05, 3.63) is 69.8 Å². The topological polar surface area (TPSA) is 96.1 Å². The van der Waals surface area contributed by atoms with Crippen LogP contribution in [0.3, 0.4) is 0 Å². The van der Waals surface area contributed by atoms with Crippen LogP contribution in [0.2, 0.25) is 0 Å². The third-order valence-electron chi connectivity index (χ3n) is 6.38. The van der Waals surface area contributed by atoms with Crippen molar-refractivity contribution in [3.63, 3.8) is 0 Å². The van der Waals surface area contributed by atoms with Crippen molar-refractivity contribution in [2.24, 2.45) is 11.0 Å². The fourth-order valence-corrected chi connectivity index (χ4v) is 6.29. The SMILES string of the molecule is Cc1ccc(S(=O)(=O)N2N=C3C4CCN(CC4)[C@@H]3[C@@H]2c2cccc([N+](=O)[O-])c2)cc1. The molecule has 4 heterocycles. The van der Waals surface area contributed by atoms with Crippen LogP contribution in [0.4, 0.5) is 5.69 Å². The molecule has 4 aliphatic rings. The lowest BCUT2D eigenvalue weighted by atomic mass is 9.78. The molecule has 0 spiro atoms. The molecule has 3 saturated heterocycles. The van der Waals surface area contributed by atoms with Gasteiger partial charge in [-0.25, -0.2) is 0 Å². The number of rotatable bonds is 4. The summed E-state index contributed by atoms with van der Waals surface area (Å²) >= 11 is 0. The zero-order valence-electron chi connectivity index (χ0n) is 16.5. The molecule has 0 unspecified atom stereocenters. The second-order valence-corrected chi connectivity index (χ2v) is 9.96. The number of hydrogen-bond donors (Lipinski definition) is 0. The van der Waals surface area contributed by atoms with Gasteiger partial charge in [-0.3, -0.25) is 15.0 Å². The molecule has 0 aliphatic carbocycles. The van der Waals surface area contributed by atoms with Gasteiger partial charge in [0.2, 0.25) is 0 Å². The highest BCUT2D eigenvalue weighted by atomic mass is 32.2. The Bertz CT molecular complexity index is 1140. The molecule has 2 atom stereocenters. The third kappa shape index (κ3) is 2.92. The number of piperidine rings is 3. The Morgan fingerprint density at radius 3 is 2.43 bits per heavy atom. The number of hydrazone groups is 1. The van der Waals surface area contributed by atoms with Gasteiger partial charge in [0, 0.05) is 18.1 Å². The van der Waals surface area contributed by atoms with Gasteiger partial charge < -0.3 is 0 Å². The number of fused-ring (bicyclic) bond motifs is 2. The molecule has 3 fully saturated rings. The summed E-state index contributed by atoms with van der Waals surface area (Å²) < 4.78 is 28.4. The number of benzene rings is 2. The first-order valence-corrected chi connectivity index (χ1v) is 11.5. The molecule has 8 nitrogen and oxygen atoms in total. The fraction of sp³-hybridized carbons (Fsp3) is 0.381. The Hall–Kier alpha value is -2.78. The second-order valence-electron chi connectivity index (χ2n) is 8.17. The van der Waals surface area contributed by atoms with Crippen LogP contribution in [-0.2, 0) is 10.0 Å². The molecule has 0 radical (unpaired) electrons. The summed E-state index contributed by atoms with van der Waals surface area (Å²) in [7, 11) is -3.91.